The van der Waals surface area contributed by atoms with Crippen LogP contribution in [0.3, 0.4) is 0 Å². The number of anilines is 1. The number of nitrogens with zero attached hydrogens (tertiary/aromatic N) is 3. The number of benzene rings is 1. The molecule has 0 amide bonds. The van der Waals surface area contributed by atoms with Crippen LogP contribution < -0.4 is 5.32 Å². The first-order valence-corrected chi connectivity index (χ1v) is 7.30. The minimum absolute atomic E-state index is 0.521. The van der Waals surface area contributed by atoms with Crippen molar-refractivity contribution in [2.24, 2.45) is 0 Å². The summed E-state index contributed by atoms with van der Waals surface area (Å²) in [6, 6.07) is 7.53. The Kier molecular flexibility index (Phi) is 3.74. The summed E-state index contributed by atoms with van der Waals surface area (Å²) in [4.78, 5) is 8.94. The molecular formula is C15H14Cl2N4. The van der Waals surface area contributed by atoms with Crippen LogP contribution in [0.5, 0.6) is 0 Å². The van der Waals surface area contributed by atoms with Gasteiger partial charge in [-0.15, -0.1) is 0 Å². The largest absolute Gasteiger partial charge is 0.378 e. The molecule has 0 unspecified atom stereocenters. The highest BCUT2D eigenvalue weighted by Crippen LogP contribution is 2.29. The maximum Gasteiger partial charge on any atom is 0.234 e. The van der Waals surface area contributed by atoms with Gasteiger partial charge in [0.2, 0.25) is 5.78 Å². The summed E-state index contributed by atoms with van der Waals surface area (Å²) in [5.41, 5.74) is 3.76. The van der Waals surface area contributed by atoms with Crippen LogP contribution in [0.1, 0.15) is 17.1 Å². The fourth-order valence-electron chi connectivity index (χ4n) is 2.23. The number of hydrogen-bond acceptors (Lipinski definition) is 3. The summed E-state index contributed by atoms with van der Waals surface area (Å²) in [5, 5.41) is 4.30. The molecule has 0 atom stereocenters. The SMILES string of the molecule is Cc1cc(C)n2cc(CNc3cccc(Cl)c3Cl)nc2n1. The van der Waals surface area contributed by atoms with Crippen LogP contribution in [0.4, 0.5) is 5.69 Å². The van der Waals surface area contributed by atoms with Crippen molar-refractivity contribution in [2.45, 2.75) is 20.4 Å². The molecule has 3 rings (SSSR count). The van der Waals surface area contributed by atoms with Gasteiger partial charge in [0.05, 0.1) is 28.0 Å². The molecule has 21 heavy (non-hydrogen) atoms. The Morgan fingerprint density at radius 3 is 2.81 bits per heavy atom. The summed E-state index contributed by atoms with van der Waals surface area (Å²) < 4.78 is 1.98. The second-order valence-electron chi connectivity index (χ2n) is 4.90. The number of imidazole rings is 1. The summed E-state index contributed by atoms with van der Waals surface area (Å²) in [5.74, 6) is 0.710. The molecule has 4 nitrogen and oxygen atoms in total. The van der Waals surface area contributed by atoms with Gasteiger partial charge in [0, 0.05) is 17.6 Å². The minimum Gasteiger partial charge on any atom is -0.378 e. The first-order chi connectivity index (χ1) is 10.0. The highest BCUT2D eigenvalue weighted by Gasteiger charge is 2.08. The number of hydrogen-bond donors (Lipinski definition) is 1. The second kappa shape index (κ2) is 5.54. The van der Waals surface area contributed by atoms with E-state index >= 15 is 0 Å². The lowest BCUT2D eigenvalue weighted by atomic mass is 10.3. The van der Waals surface area contributed by atoms with Crippen LogP contribution in [0.15, 0.2) is 30.5 Å². The molecule has 0 aliphatic rings. The van der Waals surface area contributed by atoms with E-state index in [0.717, 1.165) is 22.8 Å². The minimum atomic E-state index is 0.521. The van der Waals surface area contributed by atoms with Crippen LogP contribution in [-0.2, 0) is 6.54 Å². The fraction of sp³-hybridized carbons (Fsp3) is 0.200. The summed E-state index contributed by atoms with van der Waals surface area (Å²) in [6.07, 6.45) is 1.97. The van der Waals surface area contributed by atoms with Gasteiger partial charge in [0.15, 0.2) is 0 Å². The molecule has 0 radical (unpaired) electrons. The highest BCUT2D eigenvalue weighted by molar-refractivity contribution is 6.43. The van der Waals surface area contributed by atoms with E-state index in [0.29, 0.717) is 22.4 Å². The lowest BCUT2D eigenvalue weighted by Gasteiger charge is -2.07. The molecular weight excluding hydrogens is 307 g/mol. The smallest absolute Gasteiger partial charge is 0.234 e. The number of rotatable bonds is 3. The Labute approximate surface area is 132 Å². The molecule has 0 aliphatic heterocycles. The van der Waals surface area contributed by atoms with Crippen molar-refractivity contribution in [2.75, 3.05) is 5.32 Å². The van der Waals surface area contributed by atoms with Gasteiger partial charge in [-0.3, -0.25) is 4.40 Å². The van der Waals surface area contributed by atoms with Crippen molar-refractivity contribution in [3.63, 3.8) is 0 Å². The van der Waals surface area contributed by atoms with Crippen molar-refractivity contribution in [3.05, 3.63) is 57.6 Å². The van der Waals surface area contributed by atoms with E-state index in [1.54, 1.807) is 6.07 Å². The topological polar surface area (TPSA) is 42.2 Å². The zero-order chi connectivity index (χ0) is 15.0. The predicted molar refractivity (Wildman–Crippen MR) is 86.2 cm³/mol. The quantitative estimate of drug-likeness (QED) is 0.783. The normalized spacial score (nSPS) is 11.0. The Morgan fingerprint density at radius 1 is 1.19 bits per heavy atom. The van der Waals surface area contributed by atoms with Gasteiger partial charge in [-0.1, -0.05) is 29.3 Å². The first kappa shape index (κ1) is 14.2. The van der Waals surface area contributed by atoms with E-state index in [4.69, 9.17) is 23.2 Å². The third-order valence-corrected chi connectivity index (χ3v) is 4.04. The van der Waals surface area contributed by atoms with Gasteiger partial charge >= 0.3 is 0 Å². The van der Waals surface area contributed by atoms with Crippen molar-refractivity contribution < 1.29 is 0 Å². The first-order valence-electron chi connectivity index (χ1n) is 6.54. The third kappa shape index (κ3) is 2.82. The molecule has 3 aromatic rings. The molecule has 0 bridgehead atoms. The zero-order valence-corrected chi connectivity index (χ0v) is 13.2. The number of aryl methyl sites for hydroxylation is 2. The molecule has 0 saturated heterocycles. The summed E-state index contributed by atoms with van der Waals surface area (Å²) in [7, 11) is 0. The number of aromatic nitrogens is 3. The average molecular weight is 321 g/mol. The standard InChI is InChI=1S/C15H14Cl2N4/c1-9-6-10(2)21-8-11(20-15(21)19-9)7-18-13-5-3-4-12(16)14(13)17/h3-6,8,18H,7H2,1-2H3. The summed E-state index contributed by atoms with van der Waals surface area (Å²) in [6.45, 7) is 4.56. The van der Waals surface area contributed by atoms with Gasteiger partial charge in [0.1, 0.15) is 0 Å². The second-order valence-corrected chi connectivity index (χ2v) is 5.68. The van der Waals surface area contributed by atoms with E-state index in [9.17, 15) is 0 Å². The Balaban J connectivity index is 1.85. The van der Waals surface area contributed by atoms with Gasteiger partial charge in [-0.2, -0.15) is 0 Å². The molecule has 0 aliphatic carbocycles. The molecule has 1 aromatic carbocycles. The molecule has 0 spiro atoms. The fourth-order valence-corrected chi connectivity index (χ4v) is 2.60. The maximum absolute atomic E-state index is 6.15. The van der Waals surface area contributed by atoms with Crippen molar-refractivity contribution >= 4 is 34.7 Å². The predicted octanol–water partition coefficient (Wildman–Crippen LogP) is 4.27. The average Bonchev–Trinajstić information content (AvgIpc) is 2.83. The van der Waals surface area contributed by atoms with Crippen LogP contribution >= 0.6 is 23.2 Å². The number of nitrogens with one attached hydrogen (secondary N) is 1. The van der Waals surface area contributed by atoms with Gasteiger partial charge in [-0.25, -0.2) is 9.97 Å². The van der Waals surface area contributed by atoms with Crippen molar-refractivity contribution in [3.8, 4) is 0 Å². The monoisotopic (exact) mass is 320 g/mol. The lowest BCUT2D eigenvalue weighted by molar-refractivity contribution is 1.01. The number of fused-ring (bicyclic) bond motifs is 1. The Morgan fingerprint density at radius 2 is 2.00 bits per heavy atom. The maximum atomic E-state index is 6.15. The zero-order valence-electron chi connectivity index (χ0n) is 11.7. The van der Waals surface area contributed by atoms with Crippen LogP contribution in [-0.4, -0.2) is 14.4 Å². The molecule has 6 heteroatoms. The van der Waals surface area contributed by atoms with E-state index in [1.165, 1.54) is 0 Å². The van der Waals surface area contributed by atoms with Crippen LogP contribution in [0.2, 0.25) is 10.0 Å². The van der Waals surface area contributed by atoms with Crippen LogP contribution in [0.25, 0.3) is 5.78 Å². The van der Waals surface area contributed by atoms with E-state index in [-0.39, 0.29) is 0 Å². The molecule has 108 valence electrons. The third-order valence-electron chi connectivity index (χ3n) is 3.22. The van der Waals surface area contributed by atoms with Gasteiger partial charge < -0.3 is 5.32 Å². The van der Waals surface area contributed by atoms with E-state index in [2.05, 4.69) is 15.3 Å². The molecule has 0 saturated carbocycles. The molecule has 1 N–H and O–H groups in total. The van der Waals surface area contributed by atoms with Crippen molar-refractivity contribution in [1.82, 2.24) is 14.4 Å². The van der Waals surface area contributed by atoms with Gasteiger partial charge in [-0.05, 0) is 32.0 Å². The van der Waals surface area contributed by atoms with Gasteiger partial charge in [0.25, 0.3) is 0 Å². The number of halogens is 2. The Hall–Kier alpha value is -1.78. The molecule has 0 fully saturated rings. The van der Waals surface area contributed by atoms with E-state index < -0.39 is 0 Å². The highest BCUT2D eigenvalue weighted by atomic mass is 35.5. The Bertz CT molecular complexity index is 811. The lowest BCUT2D eigenvalue weighted by Crippen LogP contribution is -2.00. The molecule has 2 heterocycles. The van der Waals surface area contributed by atoms with Crippen LogP contribution in [0, 0.1) is 13.8 Å². The molecule has 2 aromatic heterocycles. The van der Waals surface area contributed by atoms with Crippen molar-refractivity contribution in [1.29, 1.82) is 0 Å². The van der Waals surface area contributed by atoms with E-state index in [1.807, 2.05) is 42.6 Å². The summed E-state index contributed by atoms with van der Waals surface area (Å²) >= 11 is 12.1.